The lowest BCUT2D eigenvalue weighted by molar-refractivity contribution is -0.388. The van der Waals surface area contributed by atoms with Gasteiger partial charge >= 0.3 is 12.0 Å². The van der Waals surface area contributed by atoms with E-state index in [1.807, 2.05) is 0 Å². The second-order valence-electron chi connectivity index (χ2n) is 2.71. The van der Waals surface area contributed by atoms with Gasteiger partial charge in [-0.05, 0) is 0 Å². The third kappa shape index (κ3) is 3.24. The van der Waals surface area contributed by atoms with Crippen LogP contribution in [0.4, 0.5) is 23.2 Å². The smallest absolute Gasteiger partial charge is 0.390 e. The number of ether oxygens (including phenoxy) is 1. The number of hydrogen-bond acceptors (Lipinski definition) is 5. The van der Waals surface area contributed by atoms with Gasteiger partial charge in [-0.3, -0.25) is 10.1 Å². The molecule has 0 aromatic carbocycles. The zero-order chi connectivity index (χ0) is 13.2. The molecule has 0 amide bonds. The molecule has 0 saturated heterocycles. The normalized spacial score (nSPS) is 11.4. The number of aliphatic hydroxyl groups excluding tert-OH is 1. The highest BCUT2D eigenvalue weighted by Gasteiger charge is 2.35. The van der Waals surface area contributed by atoms with E-state index in [0.717, 1.165) is 0 Å². The number of aromatic nitrogens is 1. The van der Waals surface area contributed by atoms with Gasteiger partial charge in [0.25, 0.3) is 11.7 Å². The Balaban J connectivity index is 3.29. The minimum absolute atomic E-state index is 0.512. The second kappa shape index (κ2) is 4.49. The first kappa shape index (κ1) is 13.1. The fourth-order valence-corrected chi connectivity index (χ4v) is 0.934. The zero-order valence-corrected chi connectivity index (χ0v) is 7.86. The van der Waals surface area contributed by atoms with Gasteiger partial charge in [0.1, 0.15) is 0 Å². The van der Waals surface area contributed by atoms with Crippen molar-refractivity contribution >= 4 is 5.69 Å². The molecule has 10 heteroatoms. The number of pyridine rings is 1. The molecule has 0 aliphatic carbocycles. The van der Waals surface area contributed by atoms with Gasteiger partial charge in [-0.1, -0.05) is 0 Å². The molecular formula is C7H4F4N2O4. The van der Waals surface area contributed by atoms with Gasteiger partial charge in [0.2, 0.25) is 0 Å². The second-order valence-corrected chi connectivity index (χ2v) is 2.71. The van der Waals surface area contributed by atoms with Crippen LogP contribution < -0.4 is 4.74 Å². The molecule has 1 N–H and O–H groups in total. The van der Waals surface area contributed by atoms with E-state index in [2.05, 4.69) is 9.72 Å². The first-order chi connectivity index (χ1) is 7.74. The van der Waals surface area contributed by atoms with Gasteiger partial charge in [-0.25, -0.2) is 4.98 Å². The Morgan fingerprint density at radius 1 is 1.53 bits per heavy atom. The largest absolute Gasteiger partial charge is 0.574 e. The molecule has 6 nitrogen and oxygen atoms in total. The molecule has 1 rings (SSSR count). The molecule has 0 unspecified atom stereocenters. The third-order valence-electron chi connectivity index (χ3n) is 1.53. The van der Waals surface area contributed by atoms with Crippen LogP contribution in [0.5, 0.6) is 5.88 Å². The molecule has 1 aromatic rings. The Morgan fingerprint density at radius 2 is 2.12 bits per heavy atom. The van der Waals surface area contributed by atoms with Crippen LogP contribution in [0.1, 0.15) is 5.69 Å². The van der Waals surface area contributed by atoms with Crippen molar-refractivity contribution in [3.8, 4) is 5.88 Å². The summed E-state index contributed by atoms with van der Waals surface area (Å²) in [6, 6.07) is 0.512. The summed E-state index contributed by atoms with van der Waals surface area (Å²) in [5, 5.41) is 18.9. The minimum Gasteiger partial charge on any atom is -0.390 e. The number of nitro groups is 1. The summed E-state index contributed by atoms with van der Waals surface area (Å²) in [6.45, 7) is -0.894. The maximum Gasteiger partial charge on any atom is 0.574 e. The molecule has 0 fully saturated rings. The van der Waals surface area contributed by atoms with Crippen molar-refractivity contribution < 1.29 is 32.3 Å². The number of rotatable bonds is 3. The van der Waals surface area contributed by atoms with Crippen LogP contribution in [0.25, 0.3) is 0 Å². The average Bonchev–Trinajstić information content (AvgIpc) is 2.18. The lowest BCUT2D eigenvalue weighted by atomic mass is 10.3. The number of nitrogens with zero attached hydrogens (tertiary/aromatic N) is 2. The fraction of sp³-hybridized carbons (Fsp3) is 0.286. The predicted octanol–water partition coefficient (Wildman–Crippen LogP) is 1.52. The van der Waals surface area contributed by atoms with Gasteiger partial charge in [0, 0.05) is 6.07 Å². The summed E-state index contributed by atoms with van der Waals surface area (Å²) in [5.74, 6) is -3.46. The highest BCUT2D eigenvalue weighted by atomic mass is 19.4. The summed E-state index contributed by atoms with van der Waals surface area (Å²) < 4.78 is 51.8. The molecule has 0 aliphatic rings. The summed E-state index contributed by atoms with van der Waals surface area (Å²) in [5.41, 5.74) is -1.78. The molecule has 0 atom stereocenters. The summed E-state index contributed by atoms with van der Waals surface area (Å²) in [4.78, 5) is 12.0. The molecule has 0 bridgehead atoms. The van der Waals surface area contributed by atoms with Crippen LogP contribution in [0.15, 0.2) is 6.07 Å². The van der Waals surface area contributed by atoms with Crippen molar-refractivity contribution in [2.75, 3.05) is 0 Å². The van der Waals surface area contributed by atoms with E-state index in [1.54, 1.807) is 0 Å². The number of halogens is 4. The summed E-state index contributed by atoms with van der Waals surface area (Å²) in [7, 11) is 0. The van der Waals surface area contributed by atoms with Gasteiger partial charge in [-0.15, -0.1) is 13.2 Å². The first-order valence-electron chi connectivity index (χ1n) is 3.95. The average molecular weight is 256 g/mol. The molecular weight excluding hydrogens is 252 g/mol. The lowest BCUT2D eigenvalue weighted by Crippen LogP contribution is -2.19. The first-order valence-corrected chi connectivity index (χ1v) is 3.95. The highest BCUT2D eigenvalue weighted by molar-refractivity contribution is 5.38. The molecule has 17 heavy (non-hydrogen) atoms. The zero-order valence-electron chi connectivity index (χ0n) is 7.86. The fourth-order valence-electron chi connectivity index (χ4n) is 0.934. The van der Waals surface area contributed by atoms with Gasteiger partial charge in [-0.2, -0.15) is 4.39 Å². The van der Waals surface area contributed by atoms with Crippen LogP contribution in [-0.4, -0.2) is 21.4 Å². The molecule has 0 radical (unpaired) electrons. The standard InChI is InChI=1S/C7H4F4N2O4/c8-5-4(13(15)16)1-3(2-14)12-6(5)17-7(9,10)11/h1,14H,2H2. The van der Waals surface area contributed by atoms with Crippen LogP contribution in [-0.2, 0) is 6.61 Å². The lowest BCUT2D eigenvalue weighted by Gasteiger charge is -2.09. The van der Waals surface area contributed by atoms with Crippen molar-refractivity contribution in [1.82, 2.24) is 4.98 Å². The maximum absolute atomic E-state index is 13.2. The molecule has 0 saturated carbocycles. The monoisotopic (exact) mass is 256 g/mol. The van der Waals surface area contributed by atoms with E-state index < -0.39 is 41.0 Å². The Hall–Kier alpha value is -1.97. The maximum atomic E-state index is 13.2. The Morgan fingerprint density at radius 3 is 2.53 bits per heavy atom. The van der Waals surface area contributed by atoms with E-state index in [9.17, 15) is 27.7 Å². The van der Waals surface area contributed by atoms with Crippen LogP contribution in [0, 0.1) is 15.9 Å². The van der Waals surface area contributed by atoms with Crippen molar-refractivity contribution in [2.45, 2.75) is 13.0 Å². The van der Waals surface area contributed by atoms with E-state index in [4.69, 9.17) is 5.11 Å². The topological polar surface area (TPSA) is 85.5 Å². The molecule has 0 spiro atoms. The van der Waals surface area contributed by atoms with E-state index in [0.29, 0.717) is 6.07 Å². The van der Waals surface area contributed by atoms with Crippen molar-refractivity contribution in [3.63, 3.8) is 0 Å². The Bertz CT molecular complexity index is 448. The quantitative estimate of drug-likeness (QED) is 0.503. The van der Waals surface area contributed by atoms with Crippen molar-refractivity contribution in [3.05, 3.63) is 27.7 Å². The SMILES string of the molecule is O=[N+]([O-])c1cc(CO)nc(OC(F)(F)F)c1F. The van der Waals surface area contributed by atoms with Crippen LogP contribution in [0.3, 0.4) is 0 Å². The number of aliphatic hydroxyl groups is 1. The molecule has 94 valence electrons. The third-order valence-corrected chi connectivity index (χ3v) is 1.53. The van der Waals surface area contributed by atoms with Crippen molar-refractivity contribution in [1.29, 1.82) is 0 Å². The van der Waals surface area contributed by atoms with Gasteiger partial charge < -0.3 is 9.84 Å². The number of hydrogen-bond donors (Lipinski definition) is 1. The van der Waals surface area contributed by atoms with E-state index >= 15 is 0 Å². The van der Waals surface area contributed by atoms with Crippen molar-refractivity contribution in [2.24, 2.45) is 0 Å². The molecule has 0 aliphatic heterocycles. The highest BCUT2D eigenvalue weighted by Crippen LogP contribution is 2.29. The molecule has 1 heterocycles. The minimum atomic E-state index is -5.24. The predicted molar refractivity (Wildman–Crippen MR) is 43.5 cm³/mol. The van der Waals surface area contributed by atoms with Crippen LogP contribution >= 0.6 is 0 Å². The van der Waals surface area contributed by atoms with Gasteiger partial charge in [0.05, 0.1) is 17.2 Å². The summed E-state index contributed by atoms with van der Waals surface area (Å²) in [6.07, 6.45) is -5.24. The van der Waals surface area contributed by atoms with Gasteiger partial charge in [0.15, 0.2) is 0 Å². The molecule has 1 aromatic heterocycles. The number of alkyl halides is 3. The van der Waals surface area contributed by atoms with E-state index in [1.165, 1.54) is 0 Å². The van der Waals surface area contributed by atoms with E-state index in [-0.39, 0.29) is 0 Å². The summed E-state index contributed by atoms with van der Waals surface area (Å²) >= 11 is 0. The Kier molecular flexibility index (Phi) is 3.46. The van der Waals surface area contributed by atoms with Crippen LogP contribution in [0.2, 0.25) is 0 Å². The Labute approximate surface area is 90.6 Å².